The Kier molecular flexibility index (Phi) is 3.63. The van der Waals surface area contributed by atoms with E-state index in [2.05, 4.69) is 0 Å². The number of nitrogens with zero attached hydrogens (tertiary/aromatic N) is 1. The summed E-state index contributed by atoms with van der Waals surface area (Å²) in [5, 5.41) is 12.5. The van der Waals surface area contributed by atoms with Gasteiger partial charge in [-0.15, -0.1) is 0 Å². The van der Waals surface area contributed by atoms with E-state index in [0.717, 1.165) is 21.9 Å². The Hall–Kier alpha value is -4.25. The molecule has 3 aliphatic carbocycles. The van der Waals surface area contributed by atoms with E-state index in [1.165, 1.54) is 4.90 Å². The van der Waals surface area contributed by atoms with Gasteiger partial charge in [-0.3, -0.25) is 14.4 Å². The molecule has 2 atom stereocenters. The number of fused-ring (bicyclic) bond motifs is 1. The Morgan fingerprint density at radius 2 is 1.32 bits per heavy atom. The summed E-state index contributed by atoms with van der Waals surface area (Å²) in [6.45, 7) is 0. The molecule has 1 saturated heterocycles. The summed E-state index contributed by atoms with van der Waals surface area (Å²) in [6.07, 6.45) is 0. The number of carbonyl (C=O) groups is 3. The first kappa shape index (κ1) is 19.2. The number of benzene rings is 4. The van der Waals surface area contributed by atoms with Crippen LogP contribution in [0.4, 0.5) is 5.69 Å². The minimum Gasteiger partial charge on any atom is -0.480 e. The molecule has 0 radical (unpaired) electrons. The molecule has 5 heteroatoms. The van der Waals surface area contributed by atoms with Crippen LogP contribution >= 0.6 is 0 Å². The Balaban J connectivity index is 1.54. The molecule has 5 nitrogen and oxygen atoms in total. The highest BCUT2D eigenvalue weighted by molar-refractivity contribution is 6.27. The van der Waals surface area contributed by atoms with E-state index in [4.69, 9.17) is 0 Å². The summed E-state index contributed by atoms with van der Waals surface area (Å²) in [6, 6.07) is 27.9. The smallest absolute Gasteiger partial charge is 0.319 e. The molecule has 1 fully saturated rings. The number of anilines is 1. The first-order chi connectivity index (χ1) is 16.6. The van der Waals surface area contributed by atoms with Crippen molar-refractivity contribution in [3.05, 3.63) is 113 Å². The maximum Gasteiger partial charge on any atom is 0.319 e. The van der Waals surface area contributed by atoms with Gasteiger partial charge in [-0.1, -0.05) is 84.9 Å². The first-order valence-electron chi connectivity index (χ1n) is 11.3. The van der Waals surface area contributed by atoms with E-state index in [1.807, 2.05) is 72.8 Å². The third-order valence-electron chi connectivity index (χ3n) is 7.96. The Morgan fingerprint density at radius 1 is 0.735 bits per heavy atom. The molecule has 1 N–H and O–H groups in total. The predicted octanol–water partition coefficient (Wildman–Crippen LogP) is 4.48. The van der Waals surface area contributed by atoms with E-state index in [9.17, 15) is 19.5 Å². The van der Waals surface area contributed by atoms with Crippen LogP contribution < -0.4 is 4.90 Å². The quantitative estimate of drug-likeness (QED) is 0.462. The second-order valence-electron chi connectivity index (χ2n) is 9.28. The van der Waals surface area contributed by atoms with Gasteiger partial charge in [-0.2, -0.15) is 0 Å². The minimum atomic E-state index is -1.61. The van der Waals surface area contributed by atoms with Crippen molar-refractivity contribution in [1.29, 1.82) is 0 Å². The fourth-order valence-corrected chi connectivity index (χ4v) is 6.78. The van der Waals surface area contributed by atoms with Crippen molar-refractivity contribution in [2.24, 2.45) is 11.8 Å². The second-order valence-corrected chi connectivity index (χ2v) is 9.28. The third kappa shape index (κ3) is 2.04. The molecule has 4 aromatic carbocycles. The van der Waals surface area contributed by atoms with Gasteiger partial charge in [-0.05, 0) is 33.7 Å². The lowest BCUT2D eigenvalue weighted by Crippen LogP contribution is -2.57. The van der Waals surface area contributed by atoms with E-state index in [1.54, 1.807) is 18.2 Å². The molecule has 8 rings (SSSR count). The number of carboxylic acid groups (broad SMARTS) is 1. The zero-order chi connectivity index (χ0) is 23.2. The van der Waals surface area contributed by atoms with Crippen LogP contribution in [-0.2, 0) is 19.8 Å². The van der Waals surface area contributed by atoms with Gasteiger partial charge in [-0.25, -0.2) is 4.90 Å². The third-order valence-corrected chi connectivity index (χ3v) is 7.96. The fourth-order valence-electron chi connectivity index (χ4n) is 6.78. The molecule has 2 amide bonds. The van der Waals surface area contributed by atoms with Gasteiger partial charge in [0, 0.05) is 11.3 Å². The minimum absolute atomic E-state index is 0.328. The van der Waals surface area contributed by atoms with Crippen LogP contribution in [0, 0.1) is 11.8 Å². The number of aliphatic carboxylic acids is 1. The normalized spacial score (nSPS) is 26.4. The van der Waals surface area contributed by atoms with Gasteiger partial charge in [0.1, 0.15) is 5.41 Å². The Bertz CT molecular complexity index is 1520. The maximum absolute atomic E-state index is 14.2. The van der Waals surface area contributed by atoms with Crippen LogP contribution in [0.15, 0.2) is 91.0 Å². The zero-order valence-corrected chi connectivity index (χ0v) is 18.0. The van der Waals surface area contributed by atoms with E-state index in [0.29, 0.717) is 16.8 Å². The molecule has 2 unspecified atom stereocenters. The van der Waals surface area contributed by atoms with Crippen molar-refractivity contribution < 1.29 is 19.5 Å². The van der Waals surface area contributed by atoms with Gasteiger partial charge < -0.3 is 5.11 Å². The predicted molar refractivity (Wildman–Crippen MR) is 127 cm³/mol. The van der Waals surface area contributed by atoms with Gasteiger partial charge >= 0.3 is 5.97 Å². The van der Waals surface area contributed by atoms with Crippen LogP contribution in [0.2, 0.25) is 0 Å². The summed E-state index contributed by atoms with van der Waals surface area (Å²) in [5.41, 5.74) is 1.78. The molecule has 4 aliphatic rings. The van der Waals surface area contributed by atoms with Crippen LogP contribution in [-0.4, -0.2) is 22.9 Å². The highest BCUT2D eigenvalue weighted by atomic mass is 16.4. The molecule has 0 aromatic heterocycles. The number of amides is 2. The number of imide groups is 1. The molecule has 34 heavy (non-hydrogen) atoms. The highest BCUT2D eigenvalue weighted by Gasteiger charge is 2.71. The van der Waals surface area contributed by atoms with Gasteiger partial charge in [0.15, 0.2) is 0 Å². The average Bonchev–Trinajstić information content (AvgIpc) is 3.14. The van der Waals surface area contributed by atoms with Crippen molar-refractivity contribution in [2.75, 3.05) is 4.90 Å². The molecule has 164 valence electrons. The SMILES string of the molecule is O=C1C2C3c4ccccc4C(C(=O)O)(c4ccccc43)C2C(=O)N1c1cccc2ccccc12. The summed E-state index contributed by atoms with van der Waals surface area (Å²) >= 11 is 0. The standard InChI is InChI=1S/C29H19NO4/c31-26-24-23-18-11-3-5-13-20(18)29(28(33)34,21-14-6-4-12-19(21)23)25(24)27(32)30(26)22-15-7-9-16-8-1-2-10-17(16)22/h1-15,23-25H,(H,33,34). The van der Waals surface area contributed by atoms with Crippen molar-refractivity contribution in [2.45, 2.75) is 11.3 Å². The molecule has 2 bridgehead atoms. The number of carboxylic acids is 1. The van der Waals surface area contributed by atoms with Gasteiger partial charge in [0.2, 0.25) is 11.8 Å². The van der Waals surface area contributed by atoms with Crippen LogP contribution in [0.25, 0.3) is 10.8 Å². The number of carbonyl (C=O) groups excluding carboxylic acids is 2. The molecule has 0 saturated carbocycles. The molecule has 1 heterocycles. The van der Waals surface area contributed by atoms with Gasteiger partial charge in [0.05, 0.1) is 17.5 Å². The van der Waals surface area contributed by atoms with Crippen molar-refractivity contribution >= 4 is 34.2 Å². The summed E-state index contributed by atoms with van der Waals surface area (Å²) < 4.78 is 0. The monoisotopic (exact) mass is 445 g/mol. The number of hydrogen-bond acceptors (Lipinski definition) is 3. The molecular formula is C29H19NO4. The number of hydrogen-bond donors (Lipinski definition) is 1. The molecule has 4 aromatic rings. The van der Waals surface area contributed by atoms with E-state index in [-0.39, 0.29) is 11.8 Å². The van der Waals surface area contributed by atoms with Gasteiger partial charge in [0.25, 0.3) is 0 Å². The van der Waals surface area contributed by atoms with Crippen molar-refractivity contribution in [3.63, 3.8) is 0 Å². The lowest BCUT2D eigenvalue weighted by atomic mass is 9.47. The topological polar surface area (TPSA) is 74.7 Å². The largest absolute Gasteiger partial charge is 0.480 e. The van der Waals surface area contributed by atoms with Crippen molar-refractivity contribution in [3.8, 4) is 0 Å². The van der Waals surface area contributed by atoms with E-state index < -0.39 is 29.1 Å². The fraction of sp³-hybridized carbons (Fsp3) is 0.138. The Morgan fingerprint density at radius 3 is 2.00 bits per heavy atom. The molecule has 1 aliphatic heterocycles. The summed E-state index contributed by atoms with van der Waals surface area (Å²) in [4.78, 5) is 42.7. The highest BCUT2D eigenvalue weighted by Crippen LogP contribution is 2.64. The number of rotatable bonds is 2. The van der Waals surface area contributed by atoms with Crippen molar-refractivity contribution in [1.82, 2.24) is 0 Å². The lowest BCUT2D eigenvalue weighted by molar-refractivity contribution is -0.149. The molecule has 0 spiro atoms. The van der Waals surface area contributed by atoms with Crippen LogP contribution in [0.3, 0.4) is 0 Å². The first-order valence-corrected chi connectivity index (χ1v) is 11.3. The van der Waals surface area contributed by atoms with Crippen LogP contribution in [0.1, 0.15) is 28.2 Å². The zero-order valence-electron chi connectivity index (χ0n) is 18.0. The molecular weight excluding hydrogens is 426 g/mol. The Labute approximate surface area is 195 Å². The van der Waals surface area contributed by atoms with Crippen LogP contribution in [0.5, 0.6) is 0 Å². The lowest BCUT2D eigenvalue weighted by Gasteiger charge is -2.51. The summed E-state index contributed by atoms with van der Waals surface area (Å²) in [7, 11) is 0. The van der Waals surface area contributed by atoms with E-state index >= 15 is 0 Å². The maximum atomic E-state index is 14.2. The second kappa shape index (κ2) is 6.41. The average molecular weight is 445 g/mol. The summed E-state index contributed by atoms with van der Waals surface area (Å²) in [5.74, 6) is -4.01.